The first-order valence-electron chi connectivity index (χ1n) is 13.1. The lowest BCUT2D eigenvalue weighted by atomic mass is 10.0. The number of furan rings is 1. The molecule has 0 aliphatic carbocycles. The SMILES string of the molecule is COc1cccc(C(=O)Nc2ccc(SC3=C(Nc4ccc(C(C)C)cc4)C(=O)N(Cc4ccco4)C3=O)cc2)c1. The maximum Gasteiger partial charge on any atom is 0.278 e. The molecule has 0 atom stereocenters. The van der Waals surface area contributed by atoms with E-state index < -0.39 is 11.8 Å². The second-order valence-electron chi connectivity index (χ2n) is 9.69. The average Bonchev–Trinajstić information content (AvgIpc) is 3.58. The maximum absolute atomic E-state index is 13.5. The van der Waals surface area contributed by atoms with Crippen LogP contribution in [0.1, 0.15) is 41.4 Å². The molecule has 2 heterocycles. The molecular weight excluding hydrogens is 538 g/mol. The number of hydrogen-bond acceptors (Lipinski definition) is 7. The van der Waals surface area contributed by atoms with Gasteiger partial charge in [-0.05, 0) is 78.2 Å². The number of nitrogens with one attached hydrogen (secondary N) is 2. The van der Waals surface area contributed by atoms with E-state index in [2.05, 4.69) is 24.5 Å². The largest absolute Gasteiger partial charge is 0.497 e. The normalized spacial score (nSPS) is 13.2. The molecule has 8 nitrogen and oxygen atoms in total. The first kappa shape index (κ1) is 27.8. The number of hydrogen-bond donors (Lipinski definition) is 2. The van der Waals surface area contributed by atoms with E-state index >= 15 is 0 Å². The van der Waals surface area contributed by atoms with Gasteiger partial charge in [-0.15, -0.1) is 0 Å². The van der Waals surface area contributed by atoms with Gasteiger partial charge >= 0.3 is 0 Å². The van der Waals surface area contributed by atoms with E-state index in [4.69, 9.17) is 9.15 Å². The van der Waals surface area contributed by atoms with Crippen molar-refractivity contribution >= 4 is 40.9 Å². The number of imide groups is 1. The Hall–Kier alpha value is -4.76. The van der Waals surface area contributed by atoms with Gasteiger partial charge < -0.3 is 19.8 Å². The Morgan fingerprint density at radius 3 is 2.32 bits per heavy atom. The molecule has 208 valence electrons. The number of rotatable bonds is 10. The third kappa shape index (κ3) is 6.36. The van der Waals surface area contributed by atoms with Gasteiger partial charge in [0, 0.05) is 21.8 Å². The van der Waals surface area contributed by atoms with Crippen LogP contribution >= 0.6 is 11.8 Å². The molecule has 0 unspecified atom stereocenters. The van der Waals surface area contributed by atoms with Crippen LogP contribution < -0.4 is 15.4 Å². The monoisotopic (exact) mass is 567 g/mol. The molecule has 0 fully saturated rings. The Balaban J connectivity index is 1.36. The van der Waals surface area contributed by atoms with Crippen LogP contribution in [-0.2, 0) is 16.1 Å². The summed E-state index contributed by atoms with van der Waals surface area (Å²) in [5.74, 6) is 0.366. The van der Waals surface area contributed by atoms with Crippen molar-refractivity contribution in [3.63, 3.8) is 0 Å². The summed E-state index contributed by atoms with van der Waals surface area (Å²) < 4.78 is 10.6. The minimum absolute atomic E-state index is 0.0292. The topological polar surface area (TPSA) is 101 Å². The van der Waals surface area contributed by atoms with Crippen molar-refractivity contribution in [1.82, 2.24) is 4.90 Å². The summed E-state index contributed by atoms with van der Waals surface area (Å²) in [7, 11) is 1.55. The molecule has 5 rings (SSSR count). The van der Waals surface area contributed by atoms with Gasteiger partial charge in [0.1, 0.15) is 22.1 Å². The highest BCUT2D eigenvalue weighted by atomic mass is 32.2. The van der Waals surface area contributed by atoms with Crippen molar-refractivity contribution in [1.29, 1.82) is 0 Å². The summed E-state index contributed by atoms with van der Waals surface area (Å²) in [5, 5.41) is 6.05. The van der Waals surface area contributed by atoms with Crippen molar-refractivity contribution in [3.05, 3.63) is 119 Å². The Morgan fingerprint density at radius 1 is 0.927 bits per heavy atom. The summed E-state index contributed by atoms with van der Waals surface area (Å²) in [5.41, 5.74) is 3.15. The van der Waals surface area contributed by atoms with E-state index in [1.54, 1.807) is 67.8 Å². The Labute approximate surface area is 242 Å². The fourth-order valence-corrected chi connectivity index (χ4v) is 5.19. The lowest BCUT2D eigenvalue weighted by molar-refractivity contribution is -0.138. The zero-order valence-corrected chi connectivity index (χ0v) is 23.7. The first-order valence-corrected chi connectivity index (χ1v) is 13.9. The van der Waals surface area contributed by atoms with Crippen LogP contribution in [0.3, 0.4) is 0 Å². The Bertz CT molecular complexity index is 1590. The lowest BCUT2D eigenvalue weighted by Gasteiger charge is -2.14. The highest BCUT2D eigenvalue weighted by molar-refractivity contribution is 8.04. The molecule has 0 radical (unpaired) electrons. The first-order chi connectivity index (χ1) is 19.8. The Kier molecular flexibility index (Phi) is 8.26. The molecule has 1 aliphatic rings. The maximum atomic E-state index is 13.5. The summed E-state index contributed by atoms with van der Waals surface area (Å²) >= 11 is 1.19. The molecule has 1 aromatic heterocycles. The molecule has 41 heavy (non-hydrogen) atoms. The predicted octanol–water partition coefficient (Wildman–Crippen LogP) is 6.65. The molecule has 0 bridgehead atoms. The third-order valence-electron chi connectivity index (χ3n) is 6.53. The summed E-state index contributed by atoms with van der Waals surface area (Å²) in [4.78, 5) is 41.8. The van der Waals surface area contributed by atoms with E-state index in [0.717, 1.165) is 4.90 Å². The number of nitrogens with zero attached hydrogens (tertiary/aromatic N) is 1. The molecular formula is C32H29N3O5S. The molecule has 9 heteroatoms. The number of thioether (sulfide) groups is 1. The van der Waals surface area contributed by atoms with Crippen molar-refractivity contribution in [2.45, 2.75) is 31.2 Å². The van der Waals surface area contributed by atoms with Crippen molar-refractivity contribution < 1.29 is 23.5 Å². The summed E-state index contributed by atoms with van der Waals surface area (Å²) in [6, 6.07) is 25.2. The molecule has 4 aromatic rings. The van der Waals surface area contributed by atoms with Gasteiger partial charge in [-0.2, -0.15) is 0 Å². The molecule has 0 saturated heterocycles. The standard InChI is InChI=1S/C32H29N3O5S/c1-20(2)21-9-11-23(12-10-21)33-28-29(32(38)35(31(28)37)19-26-8-5-17-40-26)41-27-15-13-24(14-16-27)34-30(36)22-6-4-7-25(18-22)39-3/h4-18,20,33H,19H2,1-3H3,(H,34,36). The highest BCUT2D eigenvalue weighted by Gasteiger charge is 2.39. The molecule has 3 aromatic carbocycles. The molecule has 0 saturated carbocycles. The molecule has 2 N–H and O–H groups in total. The fourth-order valence-electron chi connectivity index (χ4n) is 4.25. The van der Waals surface area contributed by atoms with E-state index in [1.165, 1.54) is 28.5 Å². The van der Waals surface area contributed by atoms with Gasteiger partial charge in [-0.3, -0.25) is 19.3 Å². The van der Waals surface area contributed by atoms with Gasteiger partial charge in [0.25, 0.3) is 17.7 Å². The molecule has 3 amide bonds. The predicted molar refractivity (Wildman–Crippen MR) is 159 cm³/mol. The van der Waals surface area contributed by atoms with Crippen LogP contribution in [0.15, 0.2) is 111 Å². The van der Waals surface area contributed by atoms with E-state index in [1.807, 2.05) is 24.3 Å². The number of anilines is 2. The number of carbonyl (C=O) groups is 3. The summed E-state index contributed by atoms with van der Waals surface area (Å²) in [6.07, 6.45) is 1.51. The van der Waals surface area contributed by atoms with Crippen LogP contribution in [0.5, 0.6) is 5.75 Å². The zero-order chi connectivity index (χ0) is 28.9. The molecule has 0 spiro atoms. The molecule has 1 aliphatic heterocycles. The zero-order valence-electron chi connectivity index (χ0n) is 22.8. The van der Waals surface area contributed by atoms with Gasteiger partial charge in [0.15, 0.2) is 0 Å². The van der Waals surface area contributed by atoms with Crippen LogP contribution in [0.2, 0.25) is 0 Å². The van der Waals surface area contributed by atoms with E-state index in [0.29, 0.717) is 34.4 Å². The van der Waals surface area contributed by atoms with Gasteiger partial charge in [0.05, 0.1) is 19.9 Å². The number of benzene rings is 3. The van der Waals surface area contributed by atoms with Crippen LogP contribution in [0.4, 0.5) is 11.4 Å². The number of methoxy groups -OCH3 is 1. The second kappa shape index (κ2) is 12.2. The number of carbonyl (C=O) groups excluding carboxylic acids is 3. The fraction of sp³-hybridized carbons (Fsp3) is 0.156. The number of amides is 3. The van der Waals surface area contributed by atoms with Crippen LogP contribution in [0, 0.1) is 0 Å². The number of ether oxygens (including phenoxy) is 1. The van der Waals surface area contributed by atoms with Gasteiger partial charge in [0.2, 0.25) is 0 Å². The third-order valence-corrected chi connectivity index (χ3v) is 7.62. The van der Waals surface area contributed by atoms with E-state index in [9.17, 15) is 14.4 Å². The lowest BCUT2D eigenvalue weighted by Crippen LogP contribution is -2.31. The van der Waals surface area contributed by atoms with Crippen LogP contribution in [-0.4, -0.2) is 29.7 Å². The quantitative estimate of drug-likeness (QED) is 0.207. The Morgan fingerprint density at radius 2 is 1.66 bits per heavy atom. The van der Waals surface area contributed by atoms with Crippen molar-refractivity contribution in [2.24, 2.45) is 0 Å². The van der Waals surface area contributed by atoms with Gasteiger partial charge in [-0.25, -0.2) is 0 Å². The highest BCUT2D eigenvalue weighted by Crippen LogP contribution is 2.37. The minimum Gasteiger partial charge on any atom is -0.497 e. The van der Waals surface area contributed by atoms with E-state index in [-0.39, 0.29) is 23.1 Å². The average molecular weight is 568 g/mol. The minimum atomic E-state index is -0.427. The second-order valence-corrected chi connectivity index (χ2v) is 10.8. The van der Waals surface area contributed by atoms with Crippen LogP contribution in [0.25, 0.3) is 0 Å². The van der Waals surface area contributed by atoms with Crippen molar-refractivity contribution in [2.75, 3.05) is 17.7 Å². The smallest absolute Gasteiger partial charge is 0.278 e. The van der Waals surface area contributed by atoms with Gasteiger partial charge in [-0.1, -0.05) is 43.8 Å². The van der Waals surface area contributed by atoms with Crippen molar-refractivity contribution in [3.8, 4) is 5.75 Å². The summed E-state index contributed by atoms with van der Waals surface area (Å²) in [6.45, 7) is 4.25.